The van der Waals surface area contributed by atoms with Crippen molar-refractivity contribution in [3.05, 3.63) is 35.9 Å². The molecule has 1 aromatic rings. The Morgan fingerprint density at radius 3 is 2.84 bits per heavy atom. The van der Waals surface area contributed by atoms with Crippen molar-refractivity contribution in [2.75, 3.05) is 19.8 Å². The van der Waals surface area contributed by atoms with Gasteiger partial charge in [0.05, 0.1) is 18.3 Å². The summed E-state index contributed by atoms with van der Waals surface area (Å²) in [6, 6.07) is 10.2. The SMILES string of the molecule is OC(Cc1ccccc1)C1CCOC2(CCOC2)C1. The fourth-order valence-corrected chi connectivity index (χ4v) is 3.28. The van der Waals surface area contributed by atoms with Crippen molar-refractivity contribution < 1.29 is 14.6 Å². The van der Waals surface area contributed by atoms with E-state index in [4.69, 9.17) is 9.47 Å². The zero-order valence-corrected chi connectivity index (χ0v) is 11.3. The van der Waals surface area contributed by atoms with Gasteiger partial charge in [0.1, 0.15) is 0 Å². The van der Waals surface area contributed by atoms with Crippen LogP contribution in [-0.2, 0) is 15.9 Å². The van der Waals surface area contributed by atoms with Crippen molar-refractivity contribution >= 4 is 0 Å². The molecule has 0 radical (unpaired) electrons. The molecule has 2 aliphatic rings. The third-order valence-corrected chi connectivity index (χ3v) is 4.43. The number of aliphatic hydroxyl groups excluding tert-OH is 1. The van der Waals surface area contributed by atoms with Crippen LogP contribution >= 0.6 is 0 Å². The topological polar surface area (TPSA) is 38.7 Å². The second-order valence-electron chi connectivity index (χ2n) is 5.84. The minimum absolute atomic E-state index is 0.111. The van der Waals surface area contributed by atoms with E-state index in [1.54, 1.807) is 0 Å². The van der Waals surface area contributed by atoms with E-state index in [0.717, 1.165) is 38.9 Å². The summed E-state index contributed by atoms with van der Waals surface area (Å²) in [5, 5.41) is 10.5. The van der Waals surface area contributed by atoms with Gasteiger partial charge in [-0.05, 0) is 30.7 Å². The van der Waals surface area contributed by atoms with Crippen molar-refractivity contribution in [2.45, 2.75) is 37.4 Å². The molecule has 19 heavy (non-hydrogen) atoms. The number of aliphatic hydroxyl groups is 1. The van der Waals surface area contributed by atoms with Crippen LogP contribution in [0.25, 0.3) is 0 Å². The molecule has 0 bridgehead atoms. The van der Waals surface area contributed by atoms with Gasteiger partial charge in [-0.15, -0.1) is 0 Å². The molecule has 3 nitrogen and oxygen atoms in total. The van der Waals surface area contributed by atoms with Crippen LogP contribution < -0.4 is 0 Å². The average Bonchev–Trinajstić information content (AvgIpc) is 2.88. The van der Waals surface area contributed by atoms with Crippen molar-refractivity contribution in [3.63, 3.8) is 0 Å². The molecule has 3 unspecified atom stereocenters. The molecule has 1 N–H and O–H groups in total. The van der Waals surface area contributed by atoms with Gasteiger partial charge in [-0.3, -0.25) is 0 Å². The second kappa shape index (κ2) is 5.61. The van der Waals surface area contributed by atoms with Crippen LogP contribution in [0.15, 0.2) is 30.3 Å². The summed E-state index contributed by atoms with van der Waals surface area (Å²) in [5.41, 5.74) is 1.10. The Morgan fingerprint density at radius 1 is 1.26 bits per heavy atom. The Hall–Kier alpha value is -0.900. The van der Waals surface area contributed by atoms with E-state index in [0.29, 0.717) is 12.5 Å². The van der Waals surface area contributed by atoms with Gasteiger partial charge in [0.15, 0.2) is 0 Å². The van der Waals surface area contributed by atoms with Gasteiger partial charge in [0, 0.05) is 19.6 Å². The first-order valence-electron chi connectivity index (χ1n) is 7.21. The predicted octanol–water partition coefficient (Wildman–Crippen LogP) is 2.18. The summed E-state index contributed by atoms with van der Waals surface area (Å²) in [7, 11) is 0. The van der Waals surface area contributed by atoms with E-state index >= 15 is 0 Å². The normalized spacial score (nSPS) is 32.6. The van der Waals surface area contributed by atoms with Gasteiger partial charge < -0.3 is 14.6 Å². The minimum atomic E-state index is -0.274. The van der Waals surface area contributed by atoms with Crippen LogP contribution in [-0.4, -0.2) is 36.6 Å². The summed E-state index contributed by atoms with van der Waals surface area (Å²) in [6.45, 7) is 2.24. The summed E-state index contributed by atoms with van der Waals surface area (Å²) < 4.78 is 11.4. The predicted molar refractivity (Wildman–Crippen MR) is 73.0 cm³/mol. The monoisotopic (exact) mass is 262 g/mol. The Morgan fingerprint density at radius 2 is 2.11 bits per heavy atom. The fourth-order valence-electron chi connectivity index (χ4n) is 3.28. The molecule has 2 saturated heterocycles. The van der Waals surface area contributed by atoms with Crippen molar-refractivity contribution in [1.82, 2.24) is 0 Å². The molecule has 104 valence electrons. The van der Waals surface area contributed by atoms with Gasteiger partial charge in [-0.2, -0.15) is 0 Å². The fraction of sp³-hybridized carbons (Fsp3) is 0.625. The number of rotatable bonds is 3. The van der Waals surface area contributed by atoms with Crippen LogP contribution in [0.3, 0.4) is 0 Å². The van der Waals surface area contributed by atoms with Crippen LogP contribution in [0, 0.1) is 5.92 Å². The maximum absolute atomic E-state index is 10.5. The molecule has 2 aliphatic heterocycles. The molecule has 1 spiro atoms. The smallest absolute Gasteiger partial charge is 0.0940 e. The van der Waals surface area contributed by atoms with E-state index in [-0.39, 0.29) is 11.7 Å². The second-order valence-corrected chi connectivity index (χ2v) is 5.84. The largest absolute Gasteiger partial charge is 0.392 e. The van der Waals surface area contributed by atoms with Gasteiger partial charge in [0.25, 0.3) is 0 Å². The molecule has 0 amide bonds. The maximum Gasteiger partial charge on any atom is 0.0940 e. The highest BCUT2D eigenvalue weighted by atomic mass is 16.6. The summed E-state index contributed by atoms with van der Waals surface area (Å²) in [6.07, 6.45) is 3.32. The maximum atomic E-state index is 10.5. The Bertz CT molecular complexity index is 398. The standard InChI is InChI=1S/C16H22O3/c17-15(10-13-4-2-1-3-5-13)14-6-8-19-16(11-14)7-9-18-12-16/h1-5,14-15,17H,6-12H2. The van der Waals surface area contributed by atoms with Crippen LogP contribution in [0.4, 0.5) is 0 Å². The molecule has 0 aliphatic carbocycles. The van der Waals surface area contributed by atoms with Crippen LogP contribution in [0.1, 0.15) is 24.8 Å². The van der Waals surface area contributed by atoms with E-state index in [2.05, 4.69) is 12.1 Å². The van der Waals surface area contributed by atoms with Crippen molar-refractivity contribution in [1.29, 1.82) is 0 Å². The van der Waals surface area contributed by atoms with E-state index in [1.807, 2.05) is 18.2 Å². The summed E-state index contributed by atoms with van der Waals surface area (Å²) in [4.78, 5) is 0. The van der Waals surface area contributed by atoms with Gasteiger partial charge in [0.2, 0.25) is 0 Å². The first-order valence-corrected chi connectivity index (χ1v) is 7.21. The van der Waals surface area contributed by atoms with Crippen LogP contribution in [0.2, 0.25) is 0 Å². The highest BCUT2D eigenvalue weighted by Crippen LogP contribution is 2.37. The third-order valence-electron chi connectivity index (χ3n) is 4.43. The molecule has 2 heterocycles. The quantitative estimate of drug-likeness (QED) is 0.907. The van der Waals surface area contributed by atoms with Crippen molar-refractivity contribution in [2.24, 2.45) is 5.92 Å². The van der Waals surface area contributed by atoms with Gasteiger partial charge >= 0.3 is 0 Å². The Kier molecular flexibility index (Phi) is 3.87. The van der Waals surface area contributed by atoms with Gasteiger partial charge in [-0.25, -0.2) is 0 Å². The molecule has 3 rings (SSSR count). The molecular weight excluding hydrogens is 240 g/mol. The average molecular weight is 262 g/mol. The van der Waals surface area contributed by atoms with Crippen molar-refractivity contribution in [3.8, 4) is 0 Å². The van der Waals surface area contributed by atoms with E-state index in [9.17, 15) is 5.11 Å². The molecule has 3 atom stereocenters. The van der Waals surface area contributed by atoms with E-state index in [1.165, 1.54) is 5.56 Å². The summed E-state index contributed by atoms with van der Waals surface area (Å²) >= 11 is 0. The number of benzene rings is 1. The Labute approximate surface area is 114 Å². The number of hydrogen-bond acceptors (Lipinski definition) is 3. The highest BCUT2D eigenvalue weighted by molar-refractivity contribution is 5.15. The molecule has 3 heteroatoms. The number of ether oxygens (including phenoxy) is 2. The zero-order valence-electron chi connectivity index (χ0n) is 11.3. The lowest BCUT2D eigenvalue weighted by molar-refractivity contribution is -0.116. The molecule has 0 saturated carbocycles. The molecule has 2 fully saturated rings. The van der Waals surface area contributed by atoms with Crippen LogP contribution in [0.5, 0.6) is 0 Å². The molecule has 1 aromatic carbocycles. The first kappa shape index (κ1) is 13.1. The van der Waals surface area contributed by atoms with E-state index < -0.39 is 0 Å². The number of hydrogen-bond donors (Lipinski definition) is 1. The zero-order chi connectivity index (χ0) is 13.1. The highest BCUT2D eigenvalue weighted by Gasteiger charge is 2.42. The lowest BCUT2D eigenvalue weighted by Gasteiger charge is -2.39. The minimum Gasteiger partial charge on any atom is -0.392 e. The molecular formula is C16H22O3. The van der Waals surface area contributed by atoms with Gasteiger partial charge in [-0.1, -0.05) is 30.3 Å². The lowest BCUT2D eigenvalue weighted by Crippen LogP contribution is -2.44. The first-order chi connectivity index (χ1) is 9.27. The lowest BCUT2D eigenvalue weighted by atomic mass is 9.80. The summed E-state index contributed by atoms with van der Waals surface area (Å²) in [5.74, 6) is 0.329. The Balaban J connectivity index is 1.61. The third kappa shape index (κ3) is 2.99. The molecule has 0 aromatic heterocycles.